The van der Waals surface area contributed by atoms with E-state index >= 15 is 0 Å². The van der Waals surface area contributed by atoms with Gasteiger partial charge in [-0.15, -0.1) is 0 Å². The molecule has 1 unspecified atom stereocenters. The van der Waals surface area contributed by atoms with Gasteiger partial charge in [0.15, 0.2) is 0 Å². The number of hydrogen-bond donors (Lipinski definition) is 2. The zero-order valence-electron chi connectivity index (χ0n) is 12.6. The smallest absolute Gasteiger partial charge is 0.131 e. The first-order chi connectivity index (χ1) is 10.6. The Balaban J connectivity index is 2.26. The summed E-state index contributed by atoms with van der Waals surface area (Å²) in [5.41, 5.74) is 1.78. The van der Waals surface area contributed by atoms with Crippen molar-refractivity contribution in [3.63, 3.8) is 0 Å². The molecule has 0 amide bonds. The number of aliphatic hydroxyl groups is 1. The van der Waals surface area contributed by atoms with Gasteiger partial charge in [-0.05, 0) is 30.7 Å². The second-order valence-electron chi connectivity index (χ2n) is 4.96. The molecule has 5 heteroatoms. The average Bonchev–Trinajstić information content (AvgIpc) is 2.53. The molecule has 2 aromatic carbocycles. The Morgan fingerprint density at radius 2 is 1.95 bits per heavy atom. The van der Waals surface area contributed by atoms with Crippen LogP contribution in [-0.4, -0.2) is 12.2 Å². The molecule has 2 aromatic rings. The maximum atomic E-state index is 13.9. The molecule has 118 valence electrons. The van der Waals surface area contributed by atoms with Crippen LogP contribution in [0, 0.1) is 11.6 Å². The molecule has 22 heavy (non-hydrogen) atoms. The van der Waals surface area contributed by atoms with E-state index in [1.54, 1.807) is 18.2 Å². The van der Waals surface area contributed by atoms with Crippen LogP contribution in [-0.2, 0) is 6.61 Å². The van der Waals surface area contributed by atoms with Crippen LogP contribution in [0.4, 0.5) is 14.5 Å². The summed E-state index contributed by atoms with van der Waals surface area (Å²) in [7, 11) is 1.53. The lowest BCUT2D eigenvalue weighted by molar-refractivity contribution is 0.274. The summed E-state index contributed by atoms with van der Waals surface area (Å²) in [5, 5.41) is 12.5. The molecule has 0 saturated carbocycles. The second-order valence-corrected chi connectivity index (χ2v) is 4.96. The van der Waals surface area contributed by atoms with Gasteiger partial charge >= 0.3 is 0 Å². The number of anilines is 1. The van der Waals surface area contributed by atoms with Gasteiger partial charge in [0, 0.05) is 22.9 Å². The van der Waals surface area contributed by atoms with E-state index in [1.165, 1.54) is 19.2 Å². The van der Waals surface area contributed by atoms with Gasteiger partial charge < -0.3 is 15.2 Å². The molecule has 0 aromatic heterocycles. The number of benzene rings is 2. The molecule has 0 fully saturated rings. The number of rotatable bonds is 6. The van der Waals surface area contributed by atoms with E-state index in [2.05, 4.69) is 5.32 Å². The summed E-state index contributed by atoms with van der Waals surface area (Å²) in [6.45, 7) is 1.76. The van der Waals surface area contributed by atoms with Gasteiger partial charge in [-0.25, -0.2) is 8.78 Å². The molecule has 0 radical (unpaired) electrons. The van der Waals surface area contributed by atoms with Crippen molar-refractivity contribution in [2.75, 3.05) is 12.4 Å². The van der Waals surface area contributed by atoms with Gasteiger partial charge in [0.05, 0.1) is 19.8 Å². The molecule has 0 heterocycles. The molecular formula is C17H19F2NO2. The Morgan fingerprint density at radius 1 is 1.18 bits per heavy atom. The third kappa shape index (κ3) is 3.54. The first-order valence-electron chi connectivity index (χ1n) is 7.08. The lowest BCUT2D eigenvalue weighted by Gasteiger charge is -2.20. The number of hydrogen-bond acceptors (Lipinski definition) is 3. The predicted molar refractivity (Wildman–Crippen MR) is 81.9 cm³/mol. The summed E-state index contributed by atoms with van der Waals surface area (Å²) in [6.07, 6.45) is 0.628. The molecule has 1 atom stereocenters. The molecule has 0 aliphatic carbocycles. The first kappa shape index (κ1) is 16.2. The Labute approximate surface area is 128 Å². The summed E-state index contributed by atoms with van der Waals surface area (Å²) >= 11 is 0. The fourth-order valence-electron chi connectivity index (χ4n) is 2.38. The van der Waals surface area contributed by atoms with E-state index in [1.807, 2.05) is 6.92 Å². The number of methoxy groups -OCH3 is 1. The van der Waals surface area contributed by atoms with E-state index in [4.69, 9.17) is 4.74 Å². The highest BCUT2D eigenvalue weighted by atomic mass is 19.1. The van der Waals surface area contributed by atoms with Gasteiger partial charge in [-0.2, -0.15) is 0 Å². The maximum Gasteiger partial charge on any atom is 0.131 e. The van der Waals surface area contributed by atoms with Crippen molar-refractivity contribution >= 4 is 5.69 Å². The van der Waals surface area contributed by atoms with Crippen LogP contribution in [0.3, 0.4) is 0 Å². The Kier molecular flexibility index (Phi) is 5.33. The van der Waals surface area contributed by atoms with Crippen molar-refractivity contribution in [3.05, 3.63) is 59.2 Å². The van der Waals surface area contributed by atoms with E-state index in [-0.39, 0.29) is 12.6 Å². The lowest BCUT2D eigenvalue weighted by atomic mass is 10.0. The molecule has 0 aliphatic heterocycles. The molecule has 0 saturated heterocycles. The van der Waals surface area contributed by atoms with Crippen molar-refractivity contribution in [2.45, 2.75) is 26.0 Å². The van der Waals surface area contributed by atoms with Crippen LogP contribution in [0.25, 0.3) is 0 Å². The molecule has 3 nitrogen and oxygen atoms in total. The third-order valence-electron chi connectivity index (χ3n) is 3.54. The van der Waals surface area contributed by atoms with Gasteiger partial charge in [0.25, 0.3) is 0 Å². The number of aliphatic hydroxyl groups excluding tert-OH is 1. The van der Waals surface area contributed by atoms with Crippen molar-refractivity contribution in [2.24, 2.45) is 0 Å². The van der Waals surface area contributed by atoms with E-state index < -0.39 is 11.6 Å². The molecule has 0 bridgehead atoms. The molecular weight excluding hydrogens is 288 g/mol. The van der Waals surface area contributed by atoms with Crippen LogP contribution in [0.2, 0.25) is 0 Å². The zero-order valence-corrected chi connectivity index (χ0v) is 12.6. The highest BCUT2D eigenvalue weighted by molar-refractivity contribution is 5.52. The number of nitrogens with one attached hydrogen (secondary N) is 1. The van der Waals surface area contributed by atoms with E-state index in [0.717, 1.165) is 11.8 Å². The summed E-state index contributed by atoms with van der Waals surface area (Å²) < 4.78 is 32.1. The first-order valence-corrected chi connectivity index (χ1v) is 7.08. The van der Waals surface area contributed by atoms with E-state index in [0.29, 0.717) is 23.3 Å². The highest BCUT2D eigenvalue weighted by Gasteiger charge is 2.15. The van der Waals surface area contributed by atoms with Gasteiger partial charge in [-0.3, -0.25) is 0 Å². The normalized spacial score (nSPS) is 12.0. The minimum absolute atomic E-state index is 0.152. The van der Waals surface area contributed by atoms with Crippen molar-refractivity contribution in [3.8, 4) is 5.75 Å². The molecule has 2 rings (SSSR count). The monoisotopic (exact) mass is 307 g/mol. The van der Waals surface area contributed by atoms with Crippen molar-refractivity contribution in [1.29, 1.82) is 0 Å². The van der Waals surface area contributed by atoms with Gasteiger partial charge in [0.2, 0.25) is 0 Å². The van der Waals surface area contributed by atoms with Crippen LogP contribution in [0.5, 0.6) is 5.75 Å². The fraction of sp³-hybridized carbons (Fsp3) is 0.294. The Hall–Kier alpha value is -2.14. The fourth-order valence-corrected chi connectivity index (χ4v) is 2.38. The quantitative estimate of drug-likeness (QED) is 0.846. The van der Waals surface area contributed by atoms with Gasteiger partial charge in [0.1, 0.15) is 17.4 Å². The van der Waals surface area contributed by atoms with Crippen molar-refractivity contribution < 1.29 is 18.6 Å². The SMILES string of the molecule is CCC(Nc1ccc(OC)c(CO)c1)c1ccc(F)cc1F. The number of ether oxygens (including phenoxy) is 1. The Morgan fingerprint density at radius 3 is 2.55 bits per heavy atom. The lowest BCUT2D eigenvalue weighted by Crippen LogP contribution is -2.12. The Bertz CT molecular complexity index is 647. The standard InChI is InChI=1S/C17H19F2NO2/c1-3-16(14-6-4-12(18)9-15(14)19)20-13-5-7-17(22-2)11(8-13)10-21/h4-9,16,20-21H,3,10H2,1-2H3. The summed E-state index contributed by atoms with van der Waals surface area (Å²) in [6, 6.07) is 8.57. The summed E-state index contributed by atoms with van der Waals surface area (Å²) in [5.74, 6) is -0.576. The van der Waals surface area contributed by atoms with E-state index in [9.17, 15) is 13.9 Å². The topological polar surface area (TPSA) is 41.5 Å². The molecule has 2 N–H and O–H groups in total. The second kappa shape index (κ2) is 7.22. The predicted octanol–water partition coefficient (Wildman–Crippen LogP) is 4.03. The molecule has 0 aliphatic rings. The zero-order chi connectivity index (χ0) is 16.1. The largest absolute Gasteiger partial charge is 0.496 e. The molecule has 0 spiro atoms. The highest BCUT2D eigenvalue weighted by Crippen LogP contribution is 2.28. The van der Waals surface area contributed by atoms with Crippen LogP contribution in [0.15, 0.2) is 36.4 Å². The average molecular weight is 307 g/mol. The maximum absolute atomic E-state index is 13.9. The summed E-state index contributed by atoms with van der Waals surface area (Å²) in [4.78, 5) is 0. The minimum atomic E-state index is -0.594. The van der Waals surface area contributed by atoms with Crippen molar-refractivity contribution in [1.82, 2.24) is 0 Å². The van der Waals surface area contributed by atoms with Crippen LogP contribution < -0.4 is 10.1 Å². The minimum Gasteiger partial charge on any atom is -0.496 e. The van der Waals surface area contributed by atoms with Gasteiger partial charge in [-0.1, -0.05) is 13.0 Å². The van der Waals surface area contributed by atoms with Crippen LogP contribution in [0.1, 0.15) is 30.5 Å². The number of halogens is 2. The van der Waals surface area contributed by atoms with Crippen LogP contribution >= 0.6 is 0 Å². The third-order valence-corrected chi connectivity index (χ3v) is 3.54.